The molecule has 8 nitrogen and oxygen atoms in total. The Balaban J connectivity index is 1.45. The number of rotatable bonds is 7. The van der Waals surface area contributed by atoms with Crippen molar-refractivity contribution in [1.82, 2.24) is 9.55 Å². The van der Waals surface area contributed by atoms with E-state index in [2.05, 4.69) is 20.9 Å². The Morgan fingerprint density at radius 1 is 1.19 bits per heavy atom. The fourth-order valence-electron chi connectivity index (χ4n) is 3.24. The zero-order chi connectivity index (χ0) is 22.7. The molecule has 0 saturated carbocycles. The number of hydrogen-bond donors (Lipinski definition) is 2. The van der Waals surface area contributed by atoms with Gasteiger partial charge in [-0.3, -0.25) is 9.52 Å². The van der Waals surface area contributed by atoms with Crippen molar-refractivity contribution in [3.05, 3.63) is 71.9 Å². The molecule has 0 aliphatic carbocycles. The molecule has 1 atom stereocenters. The molecule has 10 heteroatoms. The number of fused-ring (bicyclic) bond motifs is 1. The highest BCUT2D eigenvalue weighted by atomic mass is 32.2. The summed E-state index contributed by atoms with van der Waals surface area (Å²) in [4.78, 5) is 29.1. The largest absolute Gasteiger partial charge is 0.465 e. The van der Waals surface area contributed by atoms with E-state index >= 15 is 0 Å². The molecule has 2 aromatic heterocycles. The molecule has 2 N–H and O–H groups in total. The standard InChI is InChI=1S/C22H20N4O4S2/c1-30-21(28)18-4-3-5-19-17(18)10-12-26(19)14-20(27)24-15-6-8-16(9-7-15)32(2,29)25-22-23-11-13-31-22/h3-13H,2,14H2,1H3,(H,24,27)(H,23,25,29). The predicted octanol–water partition coefficient (Wildman–Crippen LogP) is 3.63. The SMILES string of the molecule is C=S(=O)(Nc1nccs1)c1ccc(NC(=O)Cn2ccc3c(C(=O)OC)cccc32)cc1. The van der Waals surface area contributed by atoms with Crippen molar-refractivity contribution in [1.29, 1.82) is 0 Å². The summed E-state index contributed by atoms with van der Waals surface area (Å²) >= 11 is 1.34. The lowest BCUT2D eigenvalue weighted by atomic mass is 10.1. The number of carbonyl (C=O) groups is 2. The number of nitrogens with one attached hydrogen (secondary N) is 2. The zero-order valence-electron chi connectivity index (χ0n) is 17.1. The van der Waals surface area contributed by atoms with Crippen molar-refractivity contribution < 1.29 is 18.5 Å². The normalized spacial score (nSPS) is 12.8. The first-order valence-corrected chi connectivity index (χ1v) is 12.1. The quantitative estimate of drug-likeness (QED) is 0.319. The lowest BCUT2D eigenvalue weighted by Crippen LogP contribution is -2.18. The van der Waals surface area contributed by atoms with Crippen LogP contribution in [0.1, 0.15) is 10.4 Å². The molecular weight excluding hydrogens is 448 g/mol. The Bertz CT molecular complexity index is 1380. The van der Waals surface area contributed by atoms with E-state index < -0.39 is 15.7 Å². The number of nitrogens with zero attached hydrogens (tertiary/aromatic N) is 2. The number of carbonyl (C=O) groups excluding carboxylic acids is 2. The molecule has 0 saturated heterocycles. The molecule has 4 aromatic rings. The van der Waals surface area contributed by atoms with Gasteiger partial charge in [-0.15, -0.1) is 11.3 Å². The molecule has 0 aliphatic heterocycles. The highest BCUT2D eigenvalue weighted by Crippen LogP contribution is 2.22. The number of methoxy groups -OCH3 is 1. The number of aromatic nitrogens is 2. The van der Waals surface area contributed by atoms with Crippen LogP contribution >= 0.6 is 11.3 Å². The van der Waals surface area contributed by atoms with Gasteiger partial charge in [-0.1, -0.05) is 6.07 Å². The number of amides is 1. The monoisotopic (exact) mass is 468 g/mol. The molecule has 164 valence electrons. The van der Waals surface area contributed by atoms with Crippen molar-refractivity contribution in [2.75, 3.05) is 17.1 Å². The van der Waals surface area contributed by atoms with E-state index in [-0.39, 0.29) is 12.5 Å². The second-order valence-electron chi connectivity index (χ2n) is 6.86. The minimum Gasteiger partial charge on any atom is -0.465 e. The Labute approximate surface area is 189 Å². The van der Waals surface area contributed by atoms with Crippen molar-refractivity contribution in [2.24, 2.45) is 0 Å². The van der Waals surface area contributed by atoms with Gasteiger partial charge in [0.15, 0.2) is 5.13 Å². The van der Waals surface area contributed by atoms with E-state index in [1.165, 1.54) is 18.4 Å². The summed E-state index contributed by atoms with van der Waals surface area (Å²) < 4.78 is 22.3. The molecule has 0 spiro atoms. The van der Waals surface area contributed by atoms with Gasteiger partial charge in [0.1, 0.15) is 6.54 Å². The fourth-order valence-corrected chi connectivity index (χ4v) is 5.23. The van der Waals surface area contributed by atoms with Crippen molar-refractivity contribution in [3.8, 4) is 0 Å². The van der Waals surface area contributed by atoms with Gasteiger partial charge in [0.25, 0.3) is 0 Å². The Hall–Kier alpha value is -3.63. The van der Waals surface area contributed by atoms with E-state index in [0.29, 0.717) is 21.3 Å². The summed E-state index contributed by atoms with van der Waals surface area (Å²) in [6, 6.07) is 13.7. The summed E-state index contributed by atoms with van der Waals surface area (Å²) in [6.07, 6.45) is 3.37. The van der Waals surface area contributed by atoms with E-state index in [4.69, 9.17) is 4.74 Å². The number of esters is 1. The number of thiazole rings is 1. The molecule has 2 heterocycles. The molecule has 4 rings (SSSR count). The fraction of sp³-hybridized carbons (Fsp3) is 0.0909. The average molecular weight is 469 g/mol. The number of anilines is 2. The Morgan fingerprint density at radius 2 is 1.97 bits per heavy atom. The summed E-state index contributed by atoms with van der Waals surface area (Å²) in [5.74, 6) is 3.10. The van der Waals surface area contributed by atoms with Crippen LogP contribution in [0, 0.1) is 0 Å². The minimum atomic E-state index is -2.76. The lowest BCUT2D eigenvalue weighted by molar-refractivity contribution is -0.116. The molecule has 2 aromatic carbocycles. The van der Waals surface area contributed by atoms with Crippen LogP contribution in [-0.2, 0) is 25.8 Å². The van der Waals surface area contributed by atoms with Crippen LogP contribution in [0.25, 0.3) is 10.9 Å². The van der Waals surface area contributed by atoms with E-state index in [1.54, 1.807) is 64.8 Å². The first-order valence-electron chi connectivity index (χ1n) is 9.48. The van der Waals surface area contributed by atoms with Crippen LogP contribution in [-0.4, -0.2) is 38.6 Å². The van der Waals surface area contributed by atoms with E-state index in [1.807, 2.05) is 6.07 Å². The van der Waals surface area contributed by atoms with Crippen LogP contribution in [0.5, 0.6) is 0 Å². The lowest BCUT2D eigenvalue weighted by Gasteiger charge is -2.12. The predicted molar refractivity (Wildman–Crippen MR) is 128 cm³/mol. The highest BCUT2D eigenvalue weighted by Gasteiger charge is 2.14. The summed E-state index contributed by atoms with van der Waals surface area (Å²) in [6.45, 7) is 0.0631. The first kappa shape index (κ1) is 21.6. The van der Waals surface area contributed by atoms with Gasteiger partial charge in [-0.05, 0) is 48.3 Å². The van der Waals surface area contributed by atoms with Crippen LogP contribution in [0.15, 0.2) is 71.2 Å². The maximum Gasteiger partial charge on any atom is 0.338 e. The maximum atomic E-state index is 12.8. The summed E-state index contributed by atoms with van der Waals surface area (Å²) in [5.41, 5.74) is 1.77. The Morgan fingerprint density at radius 3 is 2.66 bits per heavy atom. The van der Waals surface area contributed by atoms with Crippen LogP contribution in [0.3, 0.4) is 0 Å². The molecular formula is C22H20N4O4S2. The van der Waals surface area contributed by atoms with Crippen LogP contribution < -0.4 is 10.0 Å². The van der Waals surface area contributed by atoms with Crippen molar-refractivity contribution >= 4 is 60.5 Å². The molecule has 32 heavy (non-hydrogen) atoms. The number of ether oxygens (including phenoxy) is 1. The second-order valence-corrected chi connectivity index (χ2v) is 9.78. The third kappa shape index (κ3) is 4.51. The molecule has 0 aliphatic rings. The van der Waals surface area contributed by atoms with Gasteiger partial charge in [0.05, 0.1) is 22.4 Å². The van der Waals surface area contributed by atoms with Crippen LogP contribution in [0.2, 0.25) is 0 Å². The summed E-state index contributed by atoms with van der Waals surface area (Å²) in [5, 5.41) is 5.84. The van der Waals surface area contributed by atoms with Crippen molar-refractivity contribution in [3.63, 3.8) is 0 Å². The molecule has 0 radical (unpaired) electrons. The van der Waals surface area contributed by atoms with Gasteiger partial charge in [0.2, 0.25) is 5.91 Å². The minimum absolute atomic E-state index is 0.0631. The molecule has 0 fully saturated rings. The van der Waals surface area contributed by atoms with Crippen LogP contribution in [0.4, 0.5) is 10.8 Å². The smallest absolute Gasteiger partial charge is 0.338 e. The van der Waals surface area contributed by atoms with Gasteiger partial charge >= 0.3 is 5.97 Å². The third-order valence-electron chi connectivity index (χ3n) is 4.74. The maximum absolute atomic E-state index is 12.8. The van der Waals surface area contributed by atoms with Crippen molar-refractivity contribution in [2.45, 2.75) is 11.4 Å². The first-order chi connectivity index (χ1) is 15.4. The zero-order valence-corrected chi connectivity index (χ0v) is 18.7. The molecule has 1 unspecified atom stereocenters. The highest BCUT2D eigenvalue weighted by molar-refractivity contribution is 8.01. The number of benzene rings is 2. The molecule has 1 amide bonds. The Kier molecular flexibility index (Phi) is 5.97. The second kappa shape index (κ2) is 8.85. The van der Waals surface area contributed by atoms with Gasteiger partial charge in [-0.2, -0.15) is 0 Å². The van der Waals surface area contributed by atoms with Gasteiger partial charge in [-0.25, -0.2) is 14.0 Å². The third-order valence-corrected chi connectivity index (χ3v) is 7.11. The topological polar surface area (TPSA) is 102 Å². The molecule has 0 bridgehead atoms. The average Bonchev–Trinajstić information content (AvgIpc) is 3.43. The van der Waals surface area contributed by atoms with Gasteiger partial charge in [0, 0.05) is 39.3 Å². The van der Waals surface area contributed by atoms with Gasteiger partial charge < -0.3 is 14.6 Å². The van der Waals surface area contributed by atoms with E-state index in [0.717, 1.165) is 10.9 Å². The summed E-state index contributed by atoms with van der Waals surface area (Å²) in [7, 11) is -1.43. The number of hydrogen-bond acceptors (Lipinski definition) is 6. The van der Waals surface area contributed by atoms with E-state index in [9.17, 15) is 13.8 Å².